The molecule has 0 saturated heterocycles. The van der Waals surface area contributed by atoms with Crippen LogP contribution in [-0.2, 0) is 6.42 Å². The number of fused-ring (bicyclic) bond motifs is 1. The van der Waals surface area contributed by atoms with E-state index in [1.807, 2.05) is 17.5 Å². The van der Waals surface area contributed by atoms with Gasteiger partial charge in [0.15, 0.2) is 0 Å². The van der Waals surface area contributed by atoms with Crippen LogP contribution < -0.4 is 0 Å². The van der Waals surface area contributed by atoms with Gasteiger partial charge in [-0.2, -0.15) is 4.37 Å². The van der Waals surface area contributed by atoms with Crippen molar-refractivity contribution in [2.75, 3.05) is 0 Å². The molecule has 2 rings (SSSR count). The van der Waals surface area contributed by atoms with Gasteiger partial charge in [0.2, 0.25) is 0 Å². The Kier molecular flexibility index (Phi) is 1.99. The molecule has 0 atom stereocenters. The fourth-order valence-electron chi connectivity index (χ4n) is 0.983. The summed E-state index contributed by atoms with van der Waals surface area (Å²) in [5.74, 6) is 0. The summed E-state index contributed by atoms with van der Waals surface area (Å²) in [6.45, 7) is 2.17. The minimum atomic E-state index is 1.10. The Balaban J connectivity index is 2.76. The number of aryl methyl sites for hydroxylation is 1. The molecule has 0 saturated carbocycles. The standard InChI is InChI=1S/C7H6BrNS2/c1-2-5-6(8)4-3-9-11-7(4)10-5/h3H,2H2,1H3. The van der Waals surface area contributed by atoms with E-state index >= 15 is 0 Å². The molecule has 1 nitrogen and oxygen atoms in total. The first-order chi connectivity index (χ1) is 5.33. The predicted octanol–water partition coefficient (Wildman–Crippen LogP) is 3.68. The van der Waals surface area contributed by atoms with Gasteiger partial charge in [-0.3, -0.25) is 0 Å². The second-order valence-corrected chi connectivity index (χ2v) is 5.18. The minimum absolute atomic E-state index is 1.10. The van der Waals surface area contributed by atoms with Gasteiger partial charge >= 0.3 is 0 Å². The average molecular weight is 248 g/mol. The van der Waals surface area contributed by atoms with Crippen molar-refractivity contribution in [3.63, 3.8) is 0 Å². The molecule has 0 N–H and O–H groups in total. The smallest absolute Gasteiger partial charge is 0.109 e. The van der Waals surface area contributed by atoms with E-state index in [1.165, 1.54) is 18.7 Å². The summed E-state index contributed by atoms with van der Waals surface area (Å²) < 4.78 is 6.69. The van der Waals surface area contributed by atoms with Crippen LogP contribution >= 0.6 is 38.8 Å². The maximum absolute atomic E-state index is 4.12. The first-order valence-corrected chi connectivity index (χ1v) is 5.72. The van der Waals surface area contributed by atoms with Crippen LogP contribution in [0.1, 0.15) is 11.8 Å². The summed E-state index contributed by atoms with van der Waals surface area (Å²) in [4.78, 5) is 1.42. The van der Waals surface area contributed by atoms with Crippen molar-refractivity contribution in [1.82, 2.24) is 4.37 Å². The Morgan fingerprint density at radius 3 is 3.09 bits per heavy atom. The maximum Gasteiger partial charge on any atom is 0.109 e. The number of hydrogen-bond acceptors (Lipinski definition) is 3. The van der Waals surface area contributed by atoms with Crippen LogP contribution in [0.25, 0.3) is 9.40 Å². The second-order valence-electron chi connectivity index (χ2n) is 2.22. The van der Waals surface area contributed by atoms with Crippen LogP contribution in [0, 0.1) is 0 Å². The van der Waals surface area contributed by atoms with Gasteiger partial charge in [0.05, 0.1) is 6.20 Å². The van der Waals surface area contributed by atoms with E-state index in [-0.39, 0.29) is 0 Å². The molecular formula is C7H6BrNS2. The molecule has 11 heavy (non-hydrogen) atoms. The lowest BCUT2D eigenvalue weighted by Gasteiger charge is -1.87. The third kappa shape index (κ3) is 1.13. The van der Waals surface area contributed by atoms with Gasteiger partial charge in [-0.05, 0) is 33.9 Å². The summed E-state index contributed by atoms with van der Waals surface area (Å²) in [5, 5.41) is 1.27. The SMILES string of the molecule is CCc1sc2sncc2c1Br. The number of aromatic nitrogens is 1. The highest BCUT2D eigenvalue weighted by Crippen LogP contribution is 2.37. The molecule has 4 heteroatoms. The van der Waals surface area contributed by atoms with Crippen molar-refractivity contribution in [2.24, 2.45) is 0 Å². The monoisotopic (exact) mass is 247 g/mol. The second kappa shape index (κ2) is 2.84. The normalized spacial score (nSPS) is 11.1. The highest BCUT2D eigenvalue weighted by atomic mass is 79.9. The molecule has 58 valence electrons. The molecule has 0 spiro atoms. The van der Waals surface area contributed by atoms with Gasteiger partial charge < -0.3 is 0 Å². The molecule has 0 amide bonds. The Morgan fingerprint density at radius 1 is 1.64 bits per heavy atom. The highest BCUT2D eigenvalue weighted by Gasteiger charge is 2.08. The third-order valence-electron chi connectivity index (χ3n) is 1.56. The van der Waals surface area contributed by atoms with Crippen molar-refractivity contribution in [3.05, 3.63) is 15.5 Å². The minimum Gasteiger partial charge on any atom is -0.199 e. The molecule has 0 aliphatic heterocycles. The molecule has 2 heterocycles. The van der Waals surface area contributed by atoms with Crippen LogP contribution in [0.4, 0.5) is 0 Å². The molecule has 0 radical (unpaired) electrons. The van der Waals surface area contributed by atoms with Crippen LogP contribution in [0.3, 0.4) is 0 Å². The molecule has 0 unspecified atom stereocenters. The fraction of sp³-hybridized carbons (Fsp3) is 0.286. The van der Waals surface area contributed by atoms with Gasteiger partial charge in [0.25, 0.3) is 0 Å². The van der Waals surface area contributed by atoms with Crippen molar-refractivity contribution < 1.29 is 0 Å². The Morgan fingerprint density at radius 2 is 2.45 bits per heavy atom. The Bertz CT molecular complexity index is 377. The van der Waals surface area contributed by atoms with Gasteiger partial charge in [-0.1, -0.05) is 6.92 Å². The van der Waals surface area contributed by atoms with E-state index in [0.29, 0.717) is 0 Å². The maximum atomic E-state index is 4.12. The lowest BCUT2D eigenvalue weighted by atomic mass is 10.3. The Labute approximate surface area is 81.4 Å². The van der Waals surface area contributed by atoms with Crippen molar-refractivity contribution in [3.8, 4) is 0 Å². The van der Waals surface area contributed by atoms with Crippen LogP contribution in [-0.4, -0.2) is 4.37 Å². The van der Waals surface area contributed by atoms with E-state index in [4.69, 9.17) is 0 Å². The summed E-state index contributed by atoms with van der Waals surface area (Å²) in [6, 6.07) is 0. The molecule has 0 fully saturated rings. The van der Waals surface area contributed by atoms with Crippen molar-refractivity contribution in [2.45, 2.75) is 13.3 Å². The zero-order valence-corrected chi connectivity index (χ0v) is 9.15. The first kappa shape index (κ1) is 7.71. The zero-order chi connectivity index (χ0) is 7.84. The van der Waals surface area contributed by atoms with E-state index < -0.39 is 0 Å². The van der Waals surface area contributed by atoms with Crippen LogP contribution in [0.15, 0.2) is 10.7 Å². The molecule has 0 aliphatic carbocycles. The van der Waals surface area contributed by atoms with Crippen molar-refractivity contribution >= 4 is 48.2 Å². The van der Waals surface area contributed by atoms with Gasteiger partial charge in [0.1, 0.15) is 4.01 Å². The number of thiophene rings is 1. The van der Waals surface area contributed by atoms with Crippen LogP contribution in [0.5, 0.6) is 0 Å². The number of nitrogens with zero attached hydrogens (tertiary/aromatic N) is 1. The largest absolute Gasteiger partial charge is 0.199 e. The van der Waals surface area contributed by atoms with Crippen molar-refractivity contribution in [1.29, 1.82) is 0 Å². The summed E-state index contributed by atoms with van der Waals surface area (Å²) in [5.41, 5.74) is 0. The summed E-state index contributed by atoms with van der Waals surface area (Å²) >= 11 is 6.98. The first-order valence-electron chi connectivity index (χ1n) is 3.34. The summed E-state index contributed by atoms with van der Waals surface area (Å²) in [7, 11) is 0. The van der Waals surface area contributed by atoms with Gasteiger partial charge in [-0.15, -0.1) is 11.3 Å². The molecule has 2 aromatic rings. The fourth-order valence-corrected chi connectivity index (χ4v) is 3.99. The van der Waals surface area contributed by atoms with E-state index in [2.05, 4.69) is 27.2 Å². The predicted molar refractivity (Wildman–Crippen MR) is 54.6 cm³/mol. The Hall–Kier alpha value is 0.0700. The van der Waals surface area contributed by atoms with E-state index in [1.54, 1.807) is 11.5 Å². The molecule has 0 aromatic carbocycles. The topological polar surface area (TPSA) is 12.9 Å². The van der Waals surface area contributed by atoms with E-state index in [0.717, 1.165) is 6.42 Å². The van der Waals surface area contributed by atoms with Gasteiger partial charge in [0, 0.05) is 14.7 Å². The average Bonchev–Trinajstić information content (AvgIpc) is 2.53. The highest BCUT2D eigenvalue weighted by molar-refractivity contribution is 9.10. The number of hydrogen-bond donors (Lipinski definition) is 0. The number of halogens is 1. The summed E-state index contributed by atoms with van der Waals surface area (Å²) in [6.07, 6.45) is 3.03. The molecular weight excluding hydrogens is 242 g/mol. The van der Waals surface area contributed by atoms with Crippen LogP contribution in [0.2, 0.25) is 0 Å². The molecule has 0 aliphatic rings. The lowest BCUT2D eigenvalue weighted by molar-refractivity contribution is 1.18. The quantitative estimate of drug-likeness (QED) is 0.750. The number of rotatable bonds is 1. The molecule has 2 aromatic heterocycles. The zero-order valence-electron chi connectivity index (χ0n) is 5.93. The third-order valence-corrected chi connectivity index (χ3v) is 4.94. The van der Waals surface area contributed by atoms with Gasteiger partial charge in [-0.25, -0.2) is 0 Å². The van der Waals surface area contributed by atoms with E-state index in [9.17, 15) is 0 Å². The molecule has 0 bridgehead atoms. The lowest BCUT2D eigenvalue weighted by Crippen LogP contribution is -1.70.